The van der Waals surface area contributed by atoms with Crippen molar-refractivity contribution in [3.63, 3.8) is 0 Å². The number of halogens is 3. The molecule has 0 spiro atoms. The molecule has 1 N–H and O–H groups in total. The fourth-order valence-corrected chi connectivity index (χ4v) is 2.63. The van der Waals surface area contributed by atoms with Gasteiger partial charge in [0.2, 0.25) is 0 Å². The van der Waals surface area contributed by atoms with Crippen LogP contribution < -0.4 is 14.8 Å². The fourth-order valence-electron chi connectivity index (χ4n) is 2.12. The molecule has 0 atom stereocenters. The maximum absolute atomic E-state index is 13.1. The van der Waals surface area contributed by atoms with Crippen LogP contribution in [0.25, 0.3) is 0 Å². The van der Waals surface area contributed by atoms with Gasteiger partial charge in [-0.1, -0.05) is 29.3 Å². The first-order chi connectivity index (χ1) is 11.0. The molecule has 0 unspecified atom stereocenters. The van der Waals surface area contributed by atoms with Crippen molar-refractivity contribution in [1.82, 2.24) is 5.32 Å². The minimum absolute atomic E-state index is 0.171. The van der Waals surface area contributed by atoms with Gasteiger partial charge in [-0.2, -0.15) is 0 Å². The molecule has 0 aliphatic heterocycles. The number of ether oxygens (including phenoxy) is 2. The van der Waals surface area contributed by atoms with Gasteiger partial charge in [0, 0.05) is 12.1 Å². The lowest BCUT2D eigenvalue weighted by molar-refractivity contribution is 0.269. The molecule has 0 fully saturated rings. The number of benzene rings is 2. The predicted octanol–water partition coefficient (Wildman–Crippen LogP) is 4.83. The third kappa shape index (κ3) is 4.74. The first kappa shape index (κ1) is 17.9. The summed E-state index contributed by atoms with van der Waals surface area (Å²) in [5.41, 5.74) is 1.67. The standard InChI is InChI=1S/C17H18Cl2FNO2/c1-3-22-16-7-11(9-21-2)6-15(19)17(16)23-10-12-4-5-13(20)8-14(12)18/h4-8,21H,3,9-10H2,1-2H3. The van der Waals surface area contributed by atoms with Crippen LogP contribution in [0.1, 0.15) is 18.1 Å². The van der Waals surface area contributed by atoms with E-state index in [-0.39, 0.29) is 12.4 Å². The number of hydrogen-bond donors (Lipinski definition) is 1. The van der Waals surface area contributed by atoms with E-state index < -0.39 is 0 Å². The minimum Gasteiger partial charge on any atom is -0.490 e. The van der Waals surface area contributed by atoms with E-state index in [2.05, 4.69) is 5.32 Å². The monoisotopic (exact) mass is 357 g/mol. The van der Waals surface area contributed by atoms with E-state index in [4.69, 9.17) is 32.7 Å². The zero-order chi connectivity index (χ0) is 16.8. The normalized spacial score (nSPS) is 10.7. The van der Waals surface area contributed by atoms with Crippen molar-refractivity contribution < 1.29 is 13.9 Å². The molecule has 6 heteroatoms. The summed E-state index contributed by atoms with van der Waals surface area (Å²) in [5.74, 6) is 0.639. The van der Waals surface area contributed by atoms with E-state index in [0.29, 0.717) is 40.3 Å². The molecule has 23 heavy (non-hydrogen) atoms. The highest BCUT2D eigenvalue weighted by Gasteiger charge is 2.13. The van der Waals surface area contributed by atoms with Gasteiger partial charge >= 0.3 is 0 Å². The average Bonchev–Trinajstić information content (AvgIpc) is 2.49. The summed E-state index contributed by atoms with van der Waals surface area (Å²) >= 11 is 12.3. The van der Waals surface area contributed by atoms with Crippen LogP contribution in [-0.2, 0) is 13.2 Å². The predicted molar refractivity (Wildman–Crippen MR) is 91.1 cm³/mol. The van der Waals surface area contributed by atoms with Crippen molar-refractivity contribution in [3.8, 4) is 11.5 Å². The van der Waals surface area contributed by atoms with Crippen molar-refractivity contribution in [3.05, 3.63) is 57.3 Å². The molecule has 124 valence electrons. The van der Waals surface area contributed by atoms with Gasteiger partial charge in [-0.3, -0.25) is 0 Å². The third-order valence-electron chi connectivity index (χ3n) is 3.14. The molecule has 0 amide bonds. The average molecular weight is 358 g/mol. The number of nitrogens with one attached hydrogen (secondary N) is 1. The Morgan fingerprint density at radius 1 is 1.09 bits per heavy atom. The highest BCUT2D eigenvalue weighted by Crippen LogP contribution is 2.37. The summed E-state index contributed by atoms with van der Waals surface area (Å²) in [7, 11) is 1.86. The Morgan fingerprint density at radius 2 is 1.87 bits per heavy atom. The minimum atomic E-state index is -0.386. The smallest absolute Gasteiger partial charge is 0.180 e. The van der Waals surface area contributed by atoms with Gasteiger partial charge in [0.15, 0.2) is 11.5 Å². The van der Waals surface area contributed by atoms with Gasteiger partial charge in [-0.15, -0.1) is 0 Å². The lowest BCUT2D eigenvalue weighted by Crippen LogP contribution is -2.07. The van der Waals surface area contributed by atoms with Gasteiger partial charge in [-0.05, 0) is 43.8 Å². The van der Waals surface area contributed by atoms with E-state index in [1.165, 1.54) is 12.1 Å². The molecule has 2 aromatic carbocycles. The van der Waals surface area contributed by atoms with Crippen molar-refractivity contribution in [2.45, 2.75) is 20.1 Å². The van der Waals surface area contributed by atoms with E-state index in [0.717, 1.165) is 5.56 Å². The zero-order valence-corrected chi connectivity index (χ0v) is 14.5. The molecule has 0 saturated carbocycles. The zero-order valence-electron chi connectivity index (χ0n) is 13.0. The molecule has 0 aromatic heterocycles. The molecule has 3 nitrogen and oxygen atoms in total. The van der Waals surface area contributed by atoms with Crippen LogP contribution in [0.5, 0.6) is 11.5 Å². The molecule has 0 aliphatic carbocycles. The Kier molecular flexibility index (Phi) is 6.51. The van der Waals surface area contributed by atoms with Crippen molar-refractivity contribution in [2.24, 2.45) is 0 Å². The summed E-state index contributed by atoms with van der Waals surface area (Å²) in [5, 5.41) is 3.83. The van der Waals surface area contributed by atoms with E-state index in [1.54, 1.807) is 6.07 Å². The van der Waals surface area contributed by atoms with E-state index in [1.807, 2.05) is 26.1 Å². The second-order valence-electron chi connectivity index (χ2n) is 4.89. The van der Waals surface area contributed by atoms with Crippen molar-refractivity contribution >= 4 is 23.2 Å². The first-order valence-electron chi connectivity index (χ1n) is 7.21. The summed E-state index contributed by atoms with van der Waals surface area (Å²) < 4.78 is 24.5. The molecule has 2 aromatic rings. The molecule has 0 bridgehead atoms. The first-order valence-corrected chi connectivity index (χ1v) is 7.97. The Morgan fingerprint density at radius 3 is 2.52 bits per heavy atom. The summed E-state index contributed by atoms with van der Waals surface area (Å²) in [4.78, 5) is 0. The largest absolute Gasteiger partial charge is 0.490 e. The van der Waals surface area contributed by atoms with Gasteiger partial charge in [0.25, 0.3) is 0 Å². The van der Waals surface area contributed by atoms with Crippen molar-refractivity contribution in [2.75, 3.05) is 13.7 Å². The van der Waals surface area contributed by atoms with Crippen LogP contribution in [0.3, 0.4) is 0 Å². The summed E-state index contributed by atoms with van der Waals surface area (Å²) in [6, 6.07) is 7.88. The van der Waals surface area contributed by atoms with Crippen LogP contribution in [0.15, 0.2) is 30.3 Å². The maximum atomic E-state index is 13.1. The van der Waals surface area contributed by atoms with Crippen LogP contribution in [0, 0.1) is 5.82 Å². The van der Waals surface area contributed by atoms with Crippen LogP contribution >= 0.6 is 23.2 Å². The number of rotatable bonds is 7. The third-order valence-corrected chi connectivity index (χ3v) is 3.77. The van der Waals surface area contributed by atoms with Crippen LogP contribution in [0.4, 0.5) is 4.39 Å². The van der Waals surface area contributed by atoms with E-state index >= 15 is 0 Å². The number of hydrogen-bond acceptors (Lipinski definition) is 3. The quantitative estimate of drug-likeness (QED) is 0.769. The lowest BCUT2D eigenvalue weighted by atomic mass is 10.2. The highest BCUT2D eigenvalue weighted by molar-refractivity contribution is 6.32. The molecular weight excluding hydrogens is 340 g/mol. The molecular formula is C17H18Cl2FNO2. The van der Waals surface area contributed by atoms with Crippen molar-refractivity contribution in [1.29, 1.82) is 0 Å². The van der Waals surface area contributed by atoms with Crippen LogP contribution in [0.2, 0.25) is 10.0 Å². The second-order valence-corrected chi connectivity index (χ2v) is 5.71. The lowest BCUT2D eigenvalue weighted by Gasteiger charge is -2.16. The molecule has 0 heterocycles. The molecule has 0 radical (unpaired) electrons. The summed E-state index contributed by atoms with van der Waals surface area (Å²) in [6.45, 7) is 3.22. The Hall–Kier alpha value is -1.49. The molecule has 2 rings (SSSR count). The van der Waals surface area contributed by atoms with E-state index in [9.17, 15) is 4.39 Å². The van der Waals surface area contributed by atoms with Gasteiger partial charge in [-0.25, -0.2) is 4.39 Å². The Balaban J connectivity index is 2.23. The Bertz CT molecular complexity index is 680. The maximum Gasteiger partial charge on any atom is 0.180 e. The highest BCUT2D eigenvalue weighted by atomic mass is 35.5. The molecule has 0 aliphatic rings. The van der Waals surface area contributed by atoms with Gasteiger partial charge < -0.3 is 14.8 Å². The Labute approximate surface area is 145 Å². The topological polar surface area (TPSA) is 30.5 Å². The summed E-state index contributed by atoms with van der Waals surface area (Å²) in [6.07, 6.45) is 0. The van der Waals surface area contributed by atoms with Crippen LogP contribution in [-0.4, -0.2) is 13.7 Å². The van der Waals surface area contributed by atoms with Gasteiger partial charge in [0.1, 0.15) is 12.4 Å². The second kappa shape index (κ2) is 8.39. The fraction of sp³-hybridized carbons (Fsp3) is 0.294. The SMILES string of the molecule is CCOc1cc(CNC)cc(Cl)c1OCc1ccc(F)cc1Cl. The molecule has 0 saturated heterocycles. The van der Waals surface area contributed by atoms with Gasteiger partial charge in [0.05, 0.1) is 16.7 Å².